The Hall–Kier alpha value is -3.40. The van der Waals surface area contributed by atoms with Crippen molar-refractivity contribution in [2.75, 3.05) is 52.5 Å². The van der Waals surface area contributed by atoms with E-state index >= 15 is 0 Å². The summed E-state index contributed by atoms with van der Waals surface area (Å²) in [5.74, 6) is 0. The van der Waals surface area contributed by atoms with Crippen molar-refractivity contribution in [1.29, 1.82) is 0 Å². The minimum Gasteiger partial charge on any atom is -0.444 e. The maximum Gasteiger partial charge on any atom is 0.418 e. The van der Waals surface area contributed by atoms with E-state index in [1.807, 2.05) is 63.5 Å². The zero-order valence-corrected chi connectivity index (χ0v) is 23.2. The Morgan fingerprint density at radius 3 is 2.33 bits per heavy atom. The molecule has 1 aliphatic heterocycles. The first-order chi connectivity index (χ1) is 18.7. The number of amides is 1. The molecule has 2 aromatic carbocycles. The van der Waals surface area contributed by atoms with E-state index < -0.39 is 11.7 Å². The van der Waals surface area contributed by atoms with Crippen LogP contribution in [0.2, 0.25) is 0 Å². The first kappa shape index (κ1) is 28.6. The van der Waals surface area contributed by atoms with E-state index in [1.165, 1.54) is 10.1 Å². The van der Waals surface area contributed by atoms with Crippen molar-refractivity contribution in [3.8, 4) is 0 Å². The Kier molecular flexibility index (Phi) is 9.97. The molecule has 3 aromatic rings. The third kappa shape index (κ3) is 9.38. The molecule has 0 radical (unpaired) electrons. The molecule has 0 saturated carbocycles. The van der Waals surface area contributed by atoms with Gasteiger partial charge in [0.2, 0.25) is 0 Å². The van der Waals surface area contributed by atoms with Crippen molar-refractivity contribution in [1.82, 2.24) is 19.7 Å². The molecule has 0 aliphatic carbocycles. The lowest BCUT2D eigenvalue weighted by Crippen LogP contribution is -2.46. The molecule has 39 heavy (non-hydrogen) atoms. The van der Waals surface area contributed by atoms with Gasteiger partial charge >= 0.3 is 12.2 Å². The molecule has 1 amide bonds. The normalized spacial score (nSPS) is 14.8. The van der Waals surface area contributed by atoms with Gasteiger partial charge in [-0.05, 0) is 43.4 Å². The zero-order valence-electron chi connectivity index (χ0n) is 23.2. The van der Waals surface area contributed by atoms with Crippen LogP contribution in [-0.2, 0) is 27.4 Å². The van der Waals surface area contributed by atoms with Crippen LogP contribution >= 0.6 is 0 Å². The molecule has 4 rings (SSSR count). The van der Waals surface area contributed by atoms with Crippen LogP contribution in [0.5, 0.6) is 0 Å². The second-order valence-corrected chi connectivity index (χ2v) is 10.8. The summed E-state index contributed by atoms with van der Waals surface area (Å²) >= 11 is 0. The molecule has 0 spiro atoms. The molecule has 1 N–H and O–H groups in total. The average molecular weight is 537 g/mol. The number of benzene rings is 2. The van der Waals surface area contributed by atoms with Crippen LogP contribution in [0, 0.1) is 0 Å². The number of carbonyl (C=O) groups is 2. The van der Waals surface area contributed by atoms with Crippen LogP contribution in [0.4, 0.5) is 9.59 Å². The molecule has 210 valence electrons. The standard InChI is InChI=1S/C30H40N4O5/c1-30(2,3)39-28(35)31-11-17-37-18-16-32-12-14-33(15-13-32)20-25-9-10-26-21-34(22-27(26)19-25)29(36)38-23-24-7-5-4-6-8-24/h4-10,19,21-22H,11-18,20,23H2,1-3H3,(H,31,35). The summed E-state index contributed by atoms with van der Waals surface area (Å²) in [5, 5.41) is 4.75. The molecule has 9 heteroatoms. The summed E-state index contributed by atoms with van der Waals surface area (Å²) in [7, 11) is 0. The van der Waals surface area contributed by atoms with Crippen molar-refractivity contribution in [3.63, 3.8) is 0 Å². The fourth-order valence-corrected chi connectivity index (χ4v) is 4.45. The number of piperazine rings is 1. The number of nitrogens with one attached hydrogen (secondary N) is 1. The van der Waals surface area contributed by atoms with E-state index in [0.717, 1.165) is 55.6 Å². The molecule has 1 fully saturated rings. The highest BCUT2D eigenvalue weighted by atomic mass is 16.6. The topological polar surface area (TPSA) is 85.3 Å². The van der Waals surface area contributed by atoms with Gasteiger partial charge in [0.15, 0.2) is 0 Å². The van der Waals surface area contributed by atoms with Crippen LogP contribution in [0.15, 0.2) is 60.9 Å². The van der Waals surface area contributed by atoms with Gasteiger partial charge in [0, 0.05) is 63.6 Å². The van der Waals surface area contributed by atoms with Crippen molar-refractivity contribution in [2.24, 2.45) is 0 Å². The van der Waals surface area contributed by atoms with Gasteiger partial charge in [0.1, 0.15) is 12.2 Å². The van der Waals surface area contributed by atoms with E-state index in [2.05, 4.69) is 33.3 Å². The van der Waals surface area contributed by atoms with Crippen LogP contribution in [0.25, 0.3) is 10.8 Å². The van der Waals surface area contributed by atoms with E-state index in [0.29, 0.717) is 19.8 Å². The smallest absolute Gasteiger partial charge is 0.418 e. The number of hydrogen-bond acceptors (Lipinski definition) is 7. The molecule has 1 aromatic heterocycles. The van der Waals surface area contributed by atoms with Crippen molar-refractivity contribution in [2.45, 2.75) is 39.5 Å². The number of carbonyl (C=O) groups excluding carboxylic acids is 2. The molecule has 1 aliphatic rings. The summed E-state index contributed by atoms with van der Waals surface area (Å²) in [6.07, 6.45) is 2.87. The quantitative estimate of drug-likeness (QED) is 0.382. The maximum absolute atomic E-state index is 12.5. The Morgan fingerprint density at radius 1 is 0.872 bits per heavy atom. The van der Waals surface area contributed by atoms with Gasteiger partial charge in [-0.15, -0.1) is 0 Å². The highest BCUT2D eigenvalue weighted by molar-refractivity contribution is 5.87. The van der Waals surface area contributed by atoms with Crippen molar-refractivity contribution < 1.29 is 23.8 Å². The van der Waals surface area contributed by atoms with Crippen LogP contribution in [-0.4, -0.2) is 84.6 Å². The van der Waals surface area contributed by atoms with Gasteiger partial charge in [-0.25, -0.2) is 9.59 Å². The third-order valence-corrected chi connectivity index (χ3v) is 6.46. The molecule has 9 nitrogen and oxygen atoms in total. The Bertz CT molecular complexity index is 1210. The third-order valence-electron chi connectivity index (χ3n) is 6.46. The average Bonchev–Trinajstić information content (AvgIpc) is 3.33. The predicted octanol–water partition coefficient (Wildman–Crippen LogP) is 4.49. The first-order valence-corrected chi connectivity index (χ1v) is 13.6. The van der Waals surface area contributed by atoms with Gasteiger partial charge < -0.3 is 19.5 Å². The van der Waals surface area contributed by atoms with Crippen molar-refractivity contribution >= 4 is 23.0 Å². The van der Waals surface area contributed by atoms with E-state index in [-0.39, 0.29) is 12.7 Å². The summed E-state index contributed by atoms with van der Waals surface area (Å²) in [4.78, 5) is 29.0. The largest absolute Gasteiger partial charge is 0.444 e. The van der Waals surface area contributed by atoms with E-state index in [9.17, 15) is 9.59 Å². The van der Waals surface area contributed by atoms with Gasteiger partial charge in [-0.1, -0.05) is 42.5 Å². The molecule has 0 unspecified atom stereocenters. The number of hydrogen-bond donors (Lipinski definition) is 1. The number of aromatic nitrogens is 1. The minimum absolute atomic E-state index is 0.253. The monoisotopic (exact) mass is 536 g/mol. The number of fused-ring (bicyclic) bond motifs is 1. The number of ether oxygens (including phenoxy) is 3. The highest BCUT2D eigenvalue weighted by Gasteiger charge is 2.18. The number of alkyl carbamates (subject to hydrolysis) is 1. The lowest BCUT2D eigenvalue weighted by Gasteiger charge is -2.34. The summed E-state index contributed by atoms with van der Waals surface area (Å²) in [6, 6.07) is 16.0. The van der Waals surface area contributed by atoms with Gasteiger partial charge in [-0.2, -0.15) is 0 Å². The minimum atomic E-state index is -0.496. The lowest BCUT2D eigenvalue weighted by molar-refractivity contribution is 0.0476. The van der Waals surface area contributed by atoms with E-state index in [4.69, 9.17) is 14.2 Å². The van der Waals surface area contributed by atoms with Gasteiger partial charge in [-0.3, -0.25) is 14.4 Å². The first-order valence-electron chi connectivity index (χ1n) is 13.6. The SMILES string of the molecule is CC(C)(C)OC(=O)NCCOCCN1CCN(Cc2ccc3cn(C(=O)OCc4ccccc4)cc3c2)CC1. The molecular formula is C30H40N4O5. The van der Waals surface area contributed by atoms with Crippen molar-refractivity contribution in [3.05, 3.63) is 72.1 Å². The molecule has 0 bridgehead atoms. The Morgan fingerprint density at radius 2 is 1.59 bits per heavy atom. The number of nitrogens with zero attached hydrogens (tertiary/aromatic N) is 3. The number of rotatable bonds is 10. The fraction of sp³-hybridized carbons (Fsp3) is 0.467. The molecule has 0 atom stereocenters. The summed E-state index contributed by atoms with van der Waals surface area (Å²) in [5.41, 5.74) is 1.70. The molecule has 1 saturated heterocycles. The predicted molar refractivity (Wildman–Crippen MR) is 151 cm³/mol. The second kappa shape index (κ2) is 13.6. The zero-order chi connectivity index (χ0) is 27.7. The van der Waals surface area contributed by atoms with E-state index in [1.54, 1.807) is 0 Å². The molecular weight excluding hydrogens is 496 g/mol. The summed E-state index contributed by atoms with van der Waals surface area (Å²) < 4.78 is 17.9. The molecule has 2 heterocycles. The Labute approximate surface area is 230 Å². The van der Waals surface area contributed by atoms with Crippen LogP contribution in [0.1, 0.15) is 31.9 Å². The lowest BCUT2D eigenvalue weighted by atomic mass is 10.1. The Balaban J connectivity index is 1.14. The maximum atomic E-state index is 12.5. The van der Waals surface area contributed by atoms with Gasteiger partial charge in [0.25, 0.3) is 0 Å². The van der Waals surface area contributed by atoms with Crippen LogP contribution in [0.3, 0.4) is 0 Å². The fourth-order valence-electron chi connectivity index (χ4n) is 4.45. The second-order valence-electron chi connectivity index (χ2n) is 10.8. The van der Waals surface area contributed by atoms with Crippen LogP contribution < -0.4 is 5.32 Å². The highest BCUT2D eigenvalue weighted by Crippen LogP contribution is 2.19. The van der Waals surface area contributed by atoms with Gasteiger partial charge in [0.05, 0.1) is 13.2 Å². The summed E-state index contributed by atoms with van der Waals surface area (Å²) in [6.45, 7) is 13.0.